The summed E-state index contributed by atoms with van der Waals surface area (Å²) in [5.74, 6) is 3.53. The molecule has 1 saturated heterocycles. The van der Waals surface area contributed by atoms with Crippen molar-refractivity contribution < 1.29 is 10.2 Å². The lowest BCUT2D eigenvalue weighted by Crippen LogP contribution is -2.29. The lowest BCUT2D eigenvalue weighted by Gasteiger charge is -2.20. The maximum atomic E-state index is 8.85. The van der Waals surface area contributed by atoms with Crippen LogP contribution in [-0.4, -0.2) is 28.2 Å². The van der Waals surface area contributed by atoms with Crippen molar-refractivity contribution in [2.24, 2.45) is 0 Å². The lowest BCUT2D eigenvalue weighted by molar-refractivity contribution is 0.0405. The molecule has 1 fully saturated rings. The minimum absolute atomic E-state index is 0.573. The number of hydrogen-bond donors (Lipinski definition) is 2. The SMILES string of the molecule is OC1[C]SCCC1O. The summed E-state index contributed by atoms with van der Waals surface area (Å²) < 4.78 is 0. The van der Waals surface area contributed by atoms with E-state index in [1.54, 1.807) is 0 Å². The maximum Gasteiger partial charge on any atom is 0.0975 e. The fourth-order valence-corrected chi connectivity index (χ4v) is 1.37. The van der Waals surface area contributed by atoms with E-state index in [9.17, 15) is 0 Å². The summed E-state index contributed by atoms with van der Waals surface area (Å²) in [6.07, 6.45) is -0.622. The summed E-state index contributed by atoms with van der Waals surface area (Å²) in [7, 11) is 0. The van der Waals surface area contributed by atoms with E-state index in [1.807, 2.05) is 0 Å². The zero-order valence-electron chi connectivity index (χ0n) is 4.37. The van der Waals surface area contributed by atoms with Crippen LogP contribution in [0.1, 0.15) is 6.42 Å². The van der Waals surface area contributed by atoms with Gasteiger partial charge in [-0.05, 0) is 12.2 Å². The van der Waals surface area contributed by atoms with Crippen molar-refractivity contribution >= 4 is 11.8 Å². The normalized spacial score (nSPS) is 39.8. The van der Waals surface area contributed by atoms with Crippen molar-refractivity contribution in [2.45, 2.75) is 18.6 Å². The Balaban J connectivity index is 2.28. The molecule has 46 valence electrons. The molecule has 1 aliphatic heterocycles. The van der Waals surface area contributed by atoms with Gasteiger partial charge in [0.2, 0.25) is 0 Å². The first-order valence-electron chi connectivity index (χ1n) is 2.54. The predicted molar refractivity (Wildman–Crippen MR) is 32.3 cm³/mol. The molecule has 2 nitrogen and oxygen atoms in total. The second-order valence-corrected chi connectivity index (χ2v) is 2.70. The zero-order chi connectivity index (χ0) is 5.98. The Bertz CT molecular complexity index is 66.8. The van der Waals surface area contributed by atoms with E-state index < -0.39 is 12.2 Å². The summed E-state index contributed by atoms with van der Waals surface area (Å²) in [5, 5.41) is 17.6. The van der Waals surface area contributed by atoms with Crippen LogP contribution in [0, 0.1) is 5.75 Å². The van der Waals surface area contributed by atoms with E-state index >= 15 is 0 Å². The van der Waals surface area contributed by atoms with Gasteiger partial charge in [-0.3, -0.25) is 0 Å². The first kappa shape index (κ1) is 6.39. The smallest absolute Gasteiger partial charge is 0.0975 e. The van der Waals surface area contributed by atoms with Crippen molar-refractivity contribution in [2.75, 3.05) is 5.75 Å². The second kappa shape index (κ2) is 2.71. The van der Waals surface area contributed by atoms with E-state index in [0.717, 1.165) is 5.75 Å². The third-order valence-corrected chi connectivity index (χ3v) is 1.93. The summed E-state index contributed by atoms with van der Waals surface area (Å²) in [6.45, 7) is 0. The highest BCUT2D eigenvalue weighted by molar-refractivity contribution is 8.01. The highest BCUT2D eigenvalue weighted by Gasteiger charge is 2.20. The largest absolute Gasteiger partial charge is 0.390 e. The van der Waals surface area contributed by atoms with E-state index in [4.69, 9.17) is 10.2 Å². The number of aliphatic hydroxyl groups is 2. The molecule has 0 saturated carbocycles. The van der Waals surface area contributed by atoms with Gasteiger partial charge in [0.1, 0.15) is 0 Å². The summed E-state index contributed by atoms with van der Waals surface area (Å²) in [5.41, 5.74) is 0. The van der Waals surface area contributed by atoms with Crippen LogP contribution in [-0.2, 0) is 0 Å². The van der Waals surface area contributed by atoms with Crippen molar-refractivity contribution in [3.63, 3.8) is 0 Å². The van der Waals surface area contributed by atoms with E-state index in [0.29, 0.717) is 6.42 Å². The third-order valence-electron chi connectivity index (χ3n) is 1.08. The highest BCUT2D eigenvalue weighted by Crippen LogP contribution is 2.21. The average Bonchev–Trinajstić information content (AvgIpc) is 1.77. The van der Waals surface area contributed by atoms with Crippen molar-refractivity contribution in [3.8, 4) is 0 Å². The molecule has 2 atom stereocenters. The molecule has 2 unspecified atom stereocenters. The van der Waals surface area contributed by atoms with E-state index in [2.05, 4.69) is 5.75 Å². The number of aliphatic hydroxyl groups excluding tert-OH is 2. The monoisotopic (exact) mass is 132 g/mol. The van der Waals surface area contributed by atoms with Gasteiger partial charge in [-0.25, -0.2) is 0 Å². The standard InChI is InChI=1S/C5H8O2S/c6-4-1-2-8-3-5(4)7/h4-7H,1-2H2. The van der Waals surface area contributed by atoms with E-state index in [-0.39, 0.29) is 0 Å². The molecule has 0 aliphatic carbocycles. The molecule has 1 heterocycles. The molecule has 0 bridgehead atoms. The average molecular weight is 132 g/mol. The fourth-order valence-electron chi connectivity index (χ4n) is 0.560. The molecule has 1 aliphatic rings. The van der Waals surface area contributed by atoms with Gasteiger partial charge in [0.15, 0.2) is 0 Å². The summed E-state index contributed by atoms with van der Waals surface area (Å²) >= 11 is 1.45. The van der Waals surface area contributed by atoms with Crippen LogP contribution < -0.4 is 0 Å². The van der Waals surface area contributed by atoms with Crippen LogP contribution in [0.4, 0.5) is 0 Å². The number of hydrogen-bond acceptors (Lipinski definition) is 3. The van der Waals surface area contributed by atoms with Crippen molar-refractivity contribution in [1.82, 2.24) is 0 Å². The molecular formula is C5H8O2S. The predicted octanol–water partition coefficient (Wildman–Crippen LogP) is -0.116. The lowest BCUT2D eigenvalue weighted by atomic mass is 10.2. The van der Waals surface area contributed by atoms with Crippen molar-refractivity contribution in [1.29, 1.82) is 0 Å². The van der Waals surface area contributed by atoms with Crippen LogP contribution in [0.5, 0.6) is 0 Å². The minimum atomic E-state index is -0.728. The highest BCUT2D eigenvalue weighted by atomic mass is 32.2. The van der Waals surface area contributed by atoms with Gasteiger partial charge in [-0.1, -0.05) is 0 Å². The Morgan fingerprint density at radius 1 is 1.50 bits per heavy atom. The summed E-state index contributed by atoms with van der Waals surface area (Å²) in [6, 6.07) is 0. The molecule has 2 radical (unpaired) electrons. The summed E-state index contributed by atoms with van der Waals surface area (Å²) in [4.78, 5) is 0. The van der Waals surface area contributed by atoms with Crippen LogP contribution in [0.15, 0.2) is 0 Å². The molecule has 2 N–H and O–H groups in total. The van der Waals surface area contributed by atoms with Crippen LogP contribution >= 0.6 is 11.8 Å². The Morgan fingerprint density at radius 2 is 2.25 bits per heavy atom. The van der Waals surface area contributed by atoms with Gasteiger partial charge in [-0.2, -0.15) is 0 Å². The van der Waals surface area contributed by atoms with Crippen LogP contribution in [0.25, 0.3) is 0 Å². The molecule has 0 aromatic rings. The first-order valence-corrected chi connectivity index (χ1v) is 3.53. The molecule has 8 heavy (non-hydrogen) atoms. The first-order chi connectivity index (χ1) is 3.80. The van der Waals surface area contributed by atoms with Gasteiger partial charge < -0.3 is 10.2 Å². The molecule has 0 spiro atoms. The molecule has 3 heteroatoms. The van der Waals surface area contributed by atoms with Gasteiger partial charge >= 0.3 is 0 Å². The molecular weight excluding hydrogens is 124 g/mol. The Morgan fingerprint density at radius 3 is 2.62 bits per heavy atom. The fraction of sp³-hybridized carbons (Fsp3) is 0.800. The zero-order valence-corrected chi connectivity index (χ0v) is 5.19. The molecule has 0 aromatic carbocycles. The topological polar surface area (TPSA) is 40.5 Å². The Kier molecular flexibility index (Phi) is 2.16. The molecule has 0 amide bonds. The molecule has 1 rings (SSSR count). The van der Waals surface area contributed by atoms with Gasteiger partial charge in [0, 0.05) is 0 Å². The van der Waals surface area contributed by atoms with Gasteiger partial charge in [0.05, 0.1) is 18.0 Å². The van der Waals surface area contributed by atoms with Crippen molar-refractivity contribution in [3.05, 3.63) is 5.75 Å². The number of thioether (sulfide) groups is 1. The maximum absolute atomic E-state index is 8.85. The Labute approximate surface area is 52.9 Å². The van der Waals surface area contributed by atoms with E-state index in [1.165, 1.54) is 11.8 Å². The Hall–Kier alpha value is 0.270. The second-order valence-electron chi connectivity index (χ2n) is 1.77. The van der Waals surface area contributed by atoms with Crippen LogP contribution in [0.3, 0.4) is 0 Å². The third kappa shape index (κ3) is 1.37. The number of rotatable bonds is 0. The van der Waals surface area contributed by atoms with Gasteiger partial charge in [-0.15, -0.1) is 11.8 Å². The van der Waals surface area contributed by atoms with Crippen LogP contribution in [0.2, 0.25) is 0 Å². The quantitative estimate of drug-likeness (QED) is 0.483. The van der Waals surface area contributed by atoms with Gasteiger partial charge in [0.25, 0.3) is 0 Å². The molecule has 0 aromatic heterocycles. The minimum Gasteiger partial charge on any atom is -0.390 e.